The van der Waals surface area contributed by atoms with Crippen LogP contribution in [0.4, 0.5) is 0 Å². The molecule has 2 N–H and O–H groups in total. The van der Waals surface area contributed by atoms with Gasteiger partial charge in [0.25, 0.3) is 5.91 Å². The van der Waals surface area contributed by atoms with Crippen LogP contribution in [0.15, 0.2) is 18.2 Å². The van der Waals surface area contributed by atoms with E-state index in [0.29, 0.717) is 23.6 Å². The monoisotopic (exact) mass is 241 g/mol. The number of nitrogens with one attached hydrogen (secondary N) is 1. The average Bonchev–Trinajstić information content (AvgIpc) is 2.22. The van der Waals surface area contributed by atoms with Crippen LogP contribution in [0.25, 0.3) is 0 Å². The summed E-state index contributed by atoms with van der Waals surface area (Å²) in [5, 5.41) is 11.9. The average molecular weight is 242 g/mol. The Hall–Kier alpha value is -1.06. The van der Waals surface area contributed by atoms with Gasteiger partial charge >= 0.3 is 0 Å². The van der Waals surface area contributed by atoms with Crippen molar-refractivity contribution >= 4 is 17.5 Å². The molecule has 0 heterocycles. The third kappa shape index (κ3) is 4.21. The van der Waals surface area contributed by atoms with Crippen molar-refractivity contribution in [3.8, 4) is 0 Å². The highest BCUT2D eigenvalue weighted by Gasteiger charge is 2.06. The molecule has 0 aliphatic heterocycles. The predicted octanol–water partition coefficient (Wildman–Crippen LogP) is 2.15. The summed E-state index contributed by atoms with van der Waals surface area (Å²) >= 11 is 5.86. The minimum Gasteiger partial charge on any atom is -0.396 e. The largest absolute Gasteiger partial charge is 0.396 e. The lowest BCUT2D eigenvalue weighted by Crippen LogP contribution is -2.24. The molecule has 0 aliphatic carbocycles. The van der Waals surface area contributed by atoms with Gasteiger partial charge in [-0.15, -0.1) is 0 Å². The van der Waals surface area contributed by atoms with Crippen LogP contribution in [0.2, 0.25) is 5.02 Å². The standard InChI is InChI=1S/C12H16ClNO2/c1-9-6-10(8-11(13)7-9)12(16)14-4-2-3-5-15/h6-8,15H,2-5H2,1H3,(H,14,16). The Labute approximate surface area is 100 Å². The maximum atomic E-state index is 11.7. The number of aryl methyl sites for hydroxylation is 1. The molecule has 4 heteroatoms. The lowest BCUT2D eigenvalue weighted by Gasteiger charge is -2.06. The number of aliphatic hydroxyl groups is 1. The zero-order valence-corrected chi connectivity index (χ0v) is 10.0. The highest BCUT2D eigenvalue weighted by Crippen LogP contribution is 2.14. The molecule has 0 bridgehead atoms. The van der Waals surface area contributed by atoms with E-state index < -0.39 is 0 Å². The van der Waals surface area contributed by atoms with Gasteiger partial charge < -0.3 is 10.4 Å². The second kappa shape index (κ2) is 6.51. The van der Waals surface area contributed by atoms with E-state index in [1.165, 1.54) is 0 Å². The Bertz CT molecular complexity index is 346. The third-order valence-corrected chi connectivity index (χ3v) is 2.39. The lowest BCUT2D eigenvalue weighted by atomic mass is 10.1. The quantitative estimate of drug-likeness (QED) is 0.776. The Morgan fingerprint density at radius 3 is 2.75 bits per heavy atom. The number of halogens is 1. The van der Waals surface area contributed by atoms with Gasteiger partial charge in [-0.25, -0.2) is 0 Å². The van der Waals surface area contributed by atoms with Crippen LogP contribution < -0.4 is 5.32 Å². The molecule has 0 saturated carbocycles. The van der Waals surface area contributed by atoms with Gasteiger partial charge in [-0.05, 0) is 43.5 Å². The first-order valence-corrected chi connectivity index (χ1v) is 5.67. The molecule has 0 unspecified atom stereocenters. The van der Waals surface area contributed by atoms with Crippen LogP contribution in [0.1, 0.15) is 28.8 Å². The summed E-state index contributed by atoms with van der Waals surface area (Å²) in [4.78, 5) is 11.7. The second-order valence-electron chi connectivity index (χ2n) is 3.70. The van der Waals surface area contributed by atoms with Gasteiger partial charge in [-0.1, -0.05) is 11.6 Å². The summed E-state index contributed by atoms with van der Waals surface area (Å²) in [5.41, 5.74) is 1.54. The number of aliphatic hydroxyl groups excluding tert-OH is 1. The van der Waals surface area contributed by atoms with Gasteiger partial charge in [-0.2, -0.15) is 0 Å². The van der Waals surface area contributed by atoms with Crippen LogP contribution >= 0.6 is 11.6 Å². The number of unbranched alkanes of at least 4 members (excludes halogenated alkanes) is 1. The minimum atomic E-state index is -0.122. The van der Waals surface area contributed by atoms with Crippen molar-refractivity contribution in [3.63, 3.8) is 0 Å². The first-order valence-electron chi connectivity index (χ1n) is 5.29. The molecule has 0 fully saturated rings. The number of rotatable bonds is 5. The number of benzene rings is 1. The van der Waals surface area contributed by atoms with Crippen LogP contribution in [0.5, 0.6) is 0 Å². The fourth-order valence-corrected chi connectivity index (χ4v) is 1.70. The van der Waals surface area contributed by atoms with Crippen molar-refractivity contribution in [3.05, 3.63) is 34.3 Å². The van der Waals surface area contributed by atoms with Crippen molar-refractivity contribution in [1.82, 2.24) is 5.32 Å². The zero-order chi connectivity index (χ0) is 12.0. The SMILES string of the molecule is Cc1cc(Cl)cc(C(=O)NCCCCO)c1. The molecule has 0 atom stereocenters. The van der Waals surface area contributed by atoms with Gasteiger partial charge in [0.2, 0.25) is 0 Å². The number of carbonyl (C=O) groups is 1. The van der Waals surface area contributed by atoms with E-state index in [-0.39, 0.29) is 12.5 Å². The first kappa shape index (κ1) is 13.0. The molecule has 16 heavy (non-hydrogen) atoms. The number of carbonyl (C=O) groups excluding carboxylic acids is 1. The molecule has 1 amide bonds. The molecular weight excluding hydrogens is 226 g/mol. The fraction of sp³-hybridized carbons (Fsp3) is 0.417. The maximum Gasteiger partial charge on any atom is 0.251 e. The molecule has 1 aromatic carbocycles. The number of amides is 1. The summed E-state index contributed by atoms with van der Waals surface area (Å²) < 4.78 is 0. The number of hydrogen-bond acceptors (Lipinski definition) is 2. The molecule has 0 saturated heterocycles. The van der Waals surface area contributed by atoms with Gasteiger partial charge in [0, 0.05) is 23.7 Å². The van der Waals surface area contributed by atoms with Crippen LogP contribution in [-0.4, -0.2) is 24.2 Å². The molecule has 1 rings (SSSR count). The minimum absolute atomic E-state index is 0.122. The van der Waals surface area contributed by atoms with Gasteiger partial charge in [0.15, 0.2) is 0 Å². The molecule has 0 radical (unpaired) electrons. The van der Waals surface area contributed by atoms with Crippen molar-refractivity contribution < 1.29 is 9.90 Å². The van der Waals surface area contributed by atoms with E-state index in [1.54, 1.807) is 12.1 Å². The topological polar surface area (TPSA) is 49.3 Å². The first-order chi connectivity index (χ1) is 7.63. The van der Waals surface area contributed by atoms with E-state index >= 15 is 0 Å². The van der Waals surface area contributed by atoms with E-state index in [1.807, 2.05) is 13.0 Å². The van der Waals surface area contributed by atoms with Crippen molar-refractivity contribution in [1.29, 1.82) is 0 Å². The van der Waals surface area contributed by atoms with Crippen molar-refractivity contribution in [2.75, 3.05) is 13.2 Å². The molecule has 0 spiro atoms. The molecular formula is C12H16ClNO2. The Morgan fingerprint density at radius 1 is 1.38 bits per heavy atom. The molecule has 0 aromatic heterocycles. The van der Waals surface area contributed by atoms with E-state index in [0.717, 1.165) is 12.0 Å². The molecule has 88 valence electrons. The van der Waals surface area contributed by atoms with Crippen LogP contribution in [-0.2, 0) is 0 Å². The zero-order valence-electron chi connectivity index (χ0n) is 9.29. The molecule has 3 nitrogen and oxygen atoms in total. The number of hydrogen-bond donors (Lipinski definition) is 2. The van der Waals surface area contributed by atoms with Crippen molar-refractivity contribution in [2.24, 2.45) is 0 Å². The summed E-state index contributed by atoms with van der Waals surface area (Å²) in [6.07, 6.45) is 1.48. The Morgan fingerprint density at radius 2 is 2.12 bits per heavy atom. The summed E-state index contributed by atoms with van der Waals surface area (Å²) in [5.74, 6) is -0.122. The second-order valence-corrected chi connectivity index (χ2v) is 4.14. The van der Waals surface area contributed by atoms with Gasteiger partial charge in [-0.3, -0.25) is 4.79 Å². The summed E-state index contributed by atoms with van der Waals surface area (Å²) in [6, 6.07) is 5.26. The Balaban J connectivity index is 2.52. The van der Waals surface area contributed by atoms with E-state index in [9.17, 15) is 4.79 Å². The Kier molecular flexibility index (Phi) is 5.29. The van der Waals surface area contributed by atoms with Crippen LogP contribution in [0, 0.1) is 6.92 Å². The lowest BCUT2D eigenvalue weighted by molar-refractivity contribution is 0.0952. The normalized spacial score (nSPS) is 10.2. The predicted molar refractivity (Wildman–Crippen MR) is 64.8 cm³/mol. The van der Waals surface area contributed by atoms with Crippen molar-refractivity contribution in [2.45, 2.75) is 19.8 Å². The third-order valence-electron chi connectivity index (χ3n) is 2.17. The van der Waals surface area contributed by atoms with E-state index in [2.05, 4.69) is 5.32 Å². The molecule has 1 aromatic rings. The highest BCUT2D eigenvalue weighted by molar-refractivity contribution is 6.31. The van der Waals surface area contributed by atoms with Gasteiger partial charge in [0.05, 0.1) is 0 Å². The fourth-order valence-electron chi connectivity index (χ4n) is 1.41. The van der Waals surface area contributed by atoms with E-state index in [4.69, 9.17) is 16.7 Å². The maximum absolute atomic E-state index is 11.7. The summed E-state index contributed by atoms with van der Waals surface area (Å²) in [6.45, 7) is 2.63. The van der Waals surface area contributed by atoms with Crippen LogP contribution in [0.3, 0.4) is 0 Å². The summed E-state index contributed by atoms with van der Waals surface area (Å²) in [7, 11) is 0. The highest BCUT2D eigenvalue weighted by atomic mass is 35.5. The molecule has 0 aliphatic rings. The van der Waals surface area contributed by atoms with Gasteiger partial charge in [0.1, 0.15) is 0 Å². The smallest absolute Gasteiger partial charge is 0.251 e.